The molecule has 2 aromatic rings. The van der Waals surface area contributed by atoms with Crippen LogP contribution in [0.5, 0.6) is 0 Å². The van der Waals surface area contributed by atoms with Crippen LogP contribution in [0.15, 0.2) is 42.5 Å². The highest BCUT2D eigenvalue weighted by Gasteiger charge is 2.23. The lowest BCUT2D eigenvalue weighted by atomic mass is 10.1. The summed E-state index contributed by atoms with van der Waals surface area (Å²) in [5, 5.41) is 8.53. The van der Waals surface area contributed by atoms with Crippen molar-refractivity contribution in [3.05, 3.63) is 59.4 Å². The predicted molar refractivity (Wildman–Crippen MR) is 113 cm³/mol. The molecule has 1 aliphatic rings. The van der Waals surface area contributed by atoms with Gasteiger partial charge in [0.2, 0.25) is 0 Å². The van der Waals surface area contributed by atoms with Gasteiger partial charge in [0, 0.05) is 43.1 Å². The average Bonchev–Trinajstić information content (AvgIpc) is 3.18. The minimum absolute atomic E-state index is 0.126. The van der Waals surface area contributed by atoms with Gasteiger partial charge in [-0.3, -0.25) is 4.79 Å². The highest BCUT2D eigenvalue weighted by atomic mass is 19.1. The summed E-state index contributed by atoms with van der Waals surface area (Å²) in [5.41, 5.74) is 3.07. The molecule has 0 aromatic heterocycles. The van der Waals surface area contributed by atoms with Crippen LogP contribution in [0.2, 0.25) is 0 Å². The smallest absolute Gasteiger partial charge is 0.319 e. The van der Waals surface area contributed by atoms with Crippen LogP contribution in [-0.4, -0.2) is 38.1 Å². The Morgan fingerprint density at radius 1 is 1.14 bits per heavy atom. The third-order valence-electron chi connectivity index (χ3n) is 5.10. The van der Waals surface area contributed by atoms with Crippen molar-refractivity contribution in [1.29, 1.82) is 0 Å². The molecule has 0 radical (unpaired) electrons. The molecule has 1 saturated heterocycles. The molecule has 0 spiro atoms. The highest BCUT2D eigenvalue weighted by molar-refractivity contribution is 5.96. The van der Waals surface area contributed by atoms with E-state index in [2.05, 4.69) is 20.9 Å². The number of hydrogen-bond acceptors (Lipinski definition) is 3. The van der Waals surface area contributed by atoms with E-state index >= 15 is 0 Å². The molecular weight excluding hydrogens is 371 g/mol. The molecule has 6 nitrogen and oxygen atoms in total. The maximum Gasteiger partial charge on any atom is 0.319 e. The number of carbonyl (C=O) groups excluding carboxylic acids is 2. The zero-order chi connectivity index (χ0) is 20.8. The van der Waals surface area contributed by atoms with Crippen LogP contribution in [0.1, 0.15) is 29.3 Å². The number of halogens is 1. The first-order valence-electron chi connectivity index (χ1n) is 9.90. The van der Waals surface area contributed by atoms with Crippen molar-refractivity contribution in [2.24, 2.45) is 5.92 Å². The molecule has 0 bridgehead atoms. The number of anilines is 2. The second-order valence-electron chi connectivity index (χ2n) is 7.30. The normalized spacial score (nSPS) is 15.8. The van der Waals surface area contributed by atoms with Crippen LogP contribution in [0.25, 0.3) is 0 Å². The zero-order valence-corrected chi connectivity index (χ0v) is 16.8. The number of urea groups is 1. The first kappa shape index (κ1) is 20.6. The Morgan fingerprint density at radius 2 is 1.90 bits per heavy atom. The van der Waals surface area contributed by atoms with Crippen LogP contribution < -0.4 is 20.9 Å². The summed E-state index contributed by atoms with van der Waals surface area (Å²) in [6.07, 6.45) is 0.970. The van der Waals surface area contributed by atoms with Crippen molar-refractivity contribution in [1.82, 2.24) is 10.6 Å². The van der Waals surface area contributed by atoms with Gasteiger partial charge in [0.15, 0.2) is 0 Å². The van der Waals surface area contributed by atoms with E-state index in [9.17, 15) is 14.0 Å². The standard InChI is InChI=1S/C22H27FN4O2/c1-3-24-21(28)17-4-9-20(15(2)12-17)26-22(29)25-13-16-10-11-27(14-16)19-7-5-18(23)6-8-19/h4-9,12,16H,3,10-11,13-14H2,1-2H3,(H,24,28)(H2,25,26,29)/t16-/m0/s1. The minimum Gasteiger partial charge on any atom is -0.371 e. The van der Waals surface area contributed by atoms with E-state index in [0.717, 1.165) is 30.8 Å². The van der Waals surface area contributed by atoms with Gasteiger partial charge < -0.3 is 20.9 Å². The second-order valence-corrected chi connectivity index (χ2v) is 7.30. The lowest BCUT2D eigenvalue weighted by molar-refractivity contribution is 0.0955. The monoisotopic (exact) mass is 398 g/mol. The van der Waals surface area contributed by atoms with Crippen molar-refractivity contribution in [2.45, 2.75) is 20.3 Å². The Bertz CT molecular complexity index is 870. The second kappa shape index (κ2) is 9.41. The summed E-state index contributed by atoms with van der Waals surface area (Å²) in [6.45, 7) is 6.58. The van der Waals surface area contributed by atoms with Gasteiger partial charge in [0.25, 0.3) is 5.91 Å². The third kappa shape index (κ3) is 5.47. The van der Waals surface area contributed by atoms with Crippen LogP contribution in [0.3, 0.4) is 0 Å². The molecule has 2 aromatic carbocycles. The van der Waals surface area contributed by atoms with Crippen LogP contribution in [0.4, 0.5) is 20.6 Å². The lowest BCUT2D eigenvalue weighted by Crippen LogP contribution is -2.34. The van der Waals surface area contributed by atoms with Gasteiger partial charge >= 0.3 is 6.03 Å². The first-order valence-corrected chi connectivity index (χ1v) is 9.90. The first-order chi connectivity index (χ1) is 14.0. The minimum atomic E-state index is -0.265. The number of hydrogen-bond donors (Lipinski definition) is 3. The Labute approximate surface area is 170 Å². The van der Waals surface area contributed by atoms with Gasteiger partial charge in [-0.1, -0.05) is 0 Å². The van der Waals surface area contributed by atoms with E-state index in [1.54, 1.807) is 30.3 Å². The van der Waals surface area contributed by atoms with Gasteiger partial charge in [-0.15, -0.1) is 0 Å². The van der Waals surface area contributed by atoms with Crippen molar-refractivity contribution >= 4 is 23.3 Å². The Hall–Kier alpha value is -3.09. The summed E-state index contributed by atoms with van der Waals surface area (Å²) < 4.78 is 13.1. The van der Waals surface area contributed by atoms with E-state index in [4.69, 9.17) is 0 Å². The Balaban J connectivity index is 1.48. The Morgan fingerprint density at radius 3 is 2.59 bits per heavy atom. The highest BCUT2D eigenvalue weighted by Crippen LogP contribution is 2.23. The van der Waals surface area contributed by atoms with Gasteiger partial charge in [0.1, 0.15) is 5.82 Å². The van der Waals surface area contributed by atoms with Gasteiger partial charge in [-0.2, -0.15) is 0 Å². The van der Waals surface area contributed by atoms with Crippen LogP contribution >= 0.6 is 0 Å². The number of carbonyl (C=O) groups is 2. The largest absolute Gasteiger partial charge is 0.371 e. The SMILES string of the molecule is CCNC(=O)c1ccc(NC(=O)NC[C@@H]2CCN(c3ccc(F)cc3)C2)c(C)c1. The molecule has 1 fully saturated rings. The van der Waals surface area contributed by atoms with Crippen LogP contribution in [0, 0.1) is 18.7 Å². The fourth-order valence-electron chi connectivity index (χ4n) is 3.50. The van der Waals surface area contributed by atoms with E-state index in [0.29, 0.717) is 30.3 Å². The van der Waals surface area contributed by atoms with E-state index in [-0.39, 0.29) is 17.8 Å². The summed E-state index contributed by atoms with van der Waals surface area (Å²) in [7, 11) is 0. The number of nitrogens with zero attached hydrogens (tertiary/aromatic N) is 1. The zero-order valence-electron chi connectivity index (χ0n) is 16.8. The molecular formula is C22H27FN4O2. The number of rotatable bonds is 6. The number of amides is 3. The molecule has 1 atom stereocenters. The predicted octanol–water partition coefficient (Wildman–Crippen LogP) is 3.53. The van der Waals surface area contributed by atoms with E-state index in [1.165, 1.54) is 12.1 Å². The molecule has 3 N–H and O–H groups in total. The number of nitrogens with one attached hydrogen (secondary N) is 3. The number of benzene rings is 2. The summed E-state index contributed by atoms with van der Waals surface area (Å²) in [6, 6.07) is 11.4. The molecule has 7 heteroatoms. The van der Waals surface area contributed by atoms with E-state index in [1.807, 2.05) is 13.8 Å². The van der Waals surface area contributed by atoms with E-state index < -0.39 is 0 Å². The van der Waals surface area contributed by atoms with Crippen molar-refractivity contribution in [2.75, 3.05) is 36.4 Å². The summed E-state index contributed by atoms with van der Waals surface area (Å²) in [5.74, 6) is -0.0253. The average molecular weight is 398 g/mol. The fraction of sp³-hybridized carbons (Fsp3) is 0.364. The molecule has 0 unspecified atom stereocenters. The molecule has 0 saturated carbocycles. The molecule has 3 amide bonds. The quantitative estimate of drug-likeness (QED) is 0.697. The van der Waals surface area contributed by atoms with Crippen LogP contribution in [-0.2, 0) is 0 Å². The Kier molecular flexibility index (Phi) is 6.69. The maximum absolute atomic E-state index is 13.1. The summed E-state index contributed by atoms with van der Waals surface area (Å²) in [4.78, 5) is 26.4. The maximum atomic E-state index is 13.1. The molecule has 29 heavy (non-hydrogen) atoms. The lowest BCUT2D eigenvalue weighted by Gasteiger charge is -2.19. The molecule has 1 heterocycles. The molecule has 154 valence electrons. The molecule has 1 aliphatic heterocycles. The third-order valence-corrected chi connectivity index (χ3v) is 5.10. The molecule has 3 rings (SSSR count). The van der Waals surface area contributed by atoms with Gasteiger partial charge in [0.05, 0.1) is 0 Å². The van der Waals surface area contributed by atoms with Crippen molar-refractivity contribution < 1.29 is 14.0 Å². The molecule has 0 aliphatic carbocycles. The van der Waals surface area contributed by atoms with Gasteiger partial charge in [-0.25, -0.2) is 9.18 Å². The van der Waals surface area contributed by atoms with Crippen molar-refractivity contribution in [3.63, 3.8) is 0 Å². The topological polar surface area (TPSA) is 73.5 Å². The number of aryl methyl sites for hydroxylation is 1. The van der Waals surface area contributed by atoms with Crippen molar-refractivity contribution in [3.8, 4) is 0 Å². The van der Waals surface area contributed by atoms with Gasteiger partial charge in [-0.05, 0) is 74.2 Å². The fourth-order valence-corrected chi connectivity index (χ4v) is 3.50. The summed E-state index contributed by atoms with van der Waals surface area (Å²) >= 11 is 0.